The van der Waals surface area contributed by atoms with Gasteiger partial charge in [0.2, 0.25) is 0 Å². The number of benzene rings is 1. The van der Waals surface area contributed by atoms with Gasteiger partial charge in [0.05, 0.1) is 5.39 Å². The summed E-state index contributed by atoms with van der Waals surface area (Å²) >= 11 is 1.73. The van der Waals surface area contributed by atoms with E-state index in [0.717, 1.165) is 28.9 Å². The lowest BCUT2D eigenvalue weighted by molar-refractivity contribution is -0.142. The van der Waals surface area contributed by atoms with Crippen molar-refractivity contribution in [2.24, 2.45) is 0 Å². The number of aryl methyl sites for hydroxylation is 2. The molecule has 0 fully saturated rings. The first-order valence-corrected chi connectivity index (χ1v) is 9.91. The number of fused-ring (bicyclic) bond motifs is 3. The quantitative estimate of drug-likeness (QED) is 0.646. The van der Waals surface area contributed by atoms with Gasteiger partial charge in [0.25, 0.3) is 0 Å². The first-order valence-electron chi connectivity index (χ1n) is 9.09. The SMILES string of the molecule is O=C(O)COCc1nc(NCc2ccccc2)c2c3c(sc2n1)CCCC3. The molecule has 27 heavy (non-hydrogen) atoms. The molecule has 2 N–H and O–H groups in total. The monoisotopic (exact) mass is 383 g/mol. The van der Waals surface area contributed by atoms with Crippen LogP contribution >= 0.6 is 11.3 Å². The first-order chi connectivity index (χ1) is 13.2. The third-order valence-corrected chi connectivity index (χ3v) is 5.81. The van der Waals surface area contributed by atoms with Crippen LogP contribution in [-0.4, -0.2) is 27.7 Å². The second-order valence-electron chi connectivity index (χ2n) is 6.61. The number of aromatic nitrogens is 2. The number of hydrogen-bond acceptors (Lipinski definition) is 6. The van der Waals surface area contributed by atoms with Crippen LogP contribution in [0.1, 0.15) is 34.7 Å². The summed E-state index contributed by atoms with van der Waals surface area (Å²) in [5.74, 6) is 0.333. The Morgan fingerprint density at radius 1 is 1.19 bits per heavy atom. The summed E-state index contributed by atoms with van der Waals surface area (Å²) in [6.07, 6.45) is 4.57. The minimum atomic E-state index is -0.995. The Balaban J connectivity index is 1.66. The summed E-state index contributed by atoms with van der Waals surface area (Å²) < 4.78 is 5.20. The van der Waals surface area contributed by atoms with Crippen molar-refractivity contribution in [3.05, 3.63) is 52.2 Å². The van der Waals surface area contributed by atoms with Crippen molar-refractivity contribution >= 4 is 33.3 Å². The predicted octanol–water partition coefficient (Wildman–Crippen LogP) is 3.78. The van der Waals surface area contributed by atoms with E-state index in [1.165, 1.54) is 28.8 Å². The number of thiophene rings is 1. The van der Waals surface area contributed by atoms with Gasteiger partial charge < -0.3 is 15.2 Å². The molecule has 0 saturated carbocycles. The van der Waals surface area contributed by atoms with Crippen LogP contribution in [0, 0.1) is 0 Å². The van der Waals surface area contributed by atoms with Crippen molar-refractivity contribution in [2.45, 2.75) is 38.8 Å². The minimum absolute atomic E-state index is 0.0881. The molecule has 1 aromatic carbocycles. The normalized spacial score (nSPS) is 13.5. The molecule has 1 aliphatic carbocycles. The molecule has 4 rings (SSSR count). The van der Waals surface area contributed by atoms with Gasteiger partial charge in [-0.3, -0.25) is 0 Å². The molecule has 0 spiro atoms. The summed E-state index contributed by atoms with van der Waals surface area (Å²) in [4.78, 5) is 22.3. The van der Waals surface area contributed by atoms with Crippen molar-refractivity contribution in [3.63, 3.8) is 0 Å². The van der Waals surface area contributed by atoms with Crippen LogP contribution in [0.2, 0.25) is 0 Å². The fourth-order valence-electron chi connectivity index (χ4n) is 3.41. The molecule has 1 aliphatic rings. The van der Waals surface area contributed by atoms with Crippen LogP contribution < -0.4 is 5.32 Å². The van der Waals surface area contributed by atoms with E-state index in [1.807, 2.05) is 18.2 Å². The van der Waals surface area contributed by atoms with Crippen molar-refractivity contribution < 1.29 is 14.6 Å². The van der Waals surface area contributed by atoms with E-state index in [0.29, 0.717) is 12.4 Å². The second-order valence-corrected chi connectivity index (χ2v) is 7.69. The van der Waals surface area contributed by atoms with Crippen molar-refractivity contribution in [3.8, 4) is 0 Å². The fourth-order valence-corrected chi connectivity index (χ4v) is 4.69. The van der Waals surface area contributed by atoms with Crippen LogP contribution in [-0.2, 0) is 35.5 Å². The average Bonchev–Trinajstić information content (AvgIpc) is 3.05. The Morgan fingerprint density at radius 2 is 2.00 bits per heavy atom. The number of carboxylic acid groups (broad SMARTS) is 1. The highest BCUT2D eigenvalue weighted by atomic mass is 32.1. The number of hydrogen-bond donors (Lipinski definition) is 2. The number of nitrogens with one attached hydrogen (secondary N) is 1. The number of ether oxygens (including phenoxy) is 1. The van der Waals surface area contributed by atoms with Gasteiger partial charge in [-0.1, -0.05) is 30.3 Å². The summed E-state index contributed by atoms with van der Waals surface area (Å²) in [5, 5.41) is 13.3. The van der Waals surface area contributed by atoms with E-state index in [9.17, 15) is 4.79 Å². The zero-order valence-corrected chi connectivity index (χ0v) is 15.7. The topological polar surface area (TPSA) is 84.3 Å². The summed E-state index contributed by atoms with van der Waals surface area (Å²) in [7, 11) is 0. The largest absolute Gasteiger partial charge is 0.480 e. The van der Waals surface area contributed by atoms with Gasteiger partial charge in [-0.15, -0.1) is 11.3 Å². The predicted molar refractivity (Wildman–Crippen MR) is 105 cm³/mol. The molecular formula is C20H21N3O3S. The molecule has 0 amide bonds. The van der Waals surface area contributed by atoms with E-state index in [2.05, 4.69) is 27.4 Å². The molecule has 0 saturated heterocycles. The van der Waals surface area contributed by atoms with Gasteiger partial charge in [0.15, 0.2) is 5.82 Å². The molecule has 0 bridgehead atoms. The zero-order valence-electron chi connectivity index (χ0n) is 14.9. The van der Waals surface area contributed by atoms with E-state index in [-0.39, 0.29) is 13.2 Å². The Hall–Kier alpha value is -2.51. The summed E-state index contributed by atoms with van der Waals surface area (Å²) in [5.41, 5.74) is 2.55. The van der Waals surface area contributed by atoms with Crippen LogP contribution in [0.15, 0.2) is 30.3 Å². The van der Waals surface area contributed by atoms with Crippen LogP contribution in [0.3, 0.4) is 0 Å². The Labute approximate surface area is 161 Å². The van der Waals surface area contributed by atoms with E-state index < -0.39 is 5.97 Å². The van der Waals surface area contributed by atoms with Crippen molar-refractivity contribution in [1.82, 2.24) is 9.97 Å². The Bertz CT molecular complexity index is 956. The number of anilines is 1. The third-order valence-electron chi connectivity index (χ3n) is 4.62. The van der Waals surface area contributed by atoms with Crippen molar-refractivity contribution in [1.29, 1.82) is 0 Å². The Kier molecular flexibility index (Phi) is 5.31. The third kappa shape index (κ3) is 4.09. The number of carbonyl (C=O) groups is 1. The molecule has 7 heteroatoms. The number of rotatable bonds is 7. The maximum Gasteiger partial charge on any atom is 0.329 e. The van der Waals surface area contributed by atoms with Gasteiger partial charge in [-0.05, 0) is 36.8 Å². The molecule has 6 nitrogen and oxygen atoms in total. The van der Waals surface area contributed by atoms with E-state index in [1.54, 1.807) is 11.3 Å². The van der Waals surface area contributed by atoms with Crippen LogP contribution in [0.4, 0.5) is 5.82 Å². The van der Waals surface area contributed by atoms with Gasteiger partial charge in [0.1, 0.15) is 23.9 Å². The van der Waals surface area contributed by atoms with Crippen molar-refractivity contribution in [2.75, 3.05) is 11.9 Å². The summed E-state index contributed by atoms with van der Waals surface area (Å²) in [6.45, 7) is 0.410. The van der Waals surface area contributed by atoms with Crippen LogP contribution in [0.25, 0.3) is 10.2 Å². The maximum absolute atomic E-state index is 10.7. The fraction of sp³-hybridized carbons (Fsp3) is 0.350. The molecule has 140 valence electrons. The number of aliphatic carboxylic acids is 1. The van der Waals surface area contributed by atoms with Gasteiger partial charge in [-0.25, -0.2) is 14.8 Å². The second kappa shape index (κ2) is 8.02. The molecule has 0 radical (unpaired) electrons. The molecule has 2 aromatic heterocycles. The average molecular weight is 383 g/mol. The van der Waals surface area contributed by atoms with E-state index >= 15 is 0 Å². The summed E-state index contributed by atoms with van der Waals surface area (Å²) in [6, 6.07) is 10.2. The van der Waals surface area contributed by atoms with Crippen LogP contribution in [0.5, 0.6) is 0 Å². The number of nitrogens with zero attached hydrogens (tertiary/aromatic N) is 2. The highest BCUT2D eigenvalue weighted by Crippen LogP contribution is 2.38. The maximum atomic E-state index is 10.7. The lowest BCUT2D eigenvalue weighted by Gasteiger charge is -2.13. The van der Waals surface area contributed by atoms with E-state index in [4.69, 9.17) is 9.84 Å². The van der Waals surface area contributed by atoms with Gasteiger partial charge in [-0.2, -0.15) is 0 Å². The minimum Gasteiger partial charge on any atom is -0.480 e. The highest BCUT2D eigenvalue weighted by molar-refractivity contribution is 7.19. The lowest BCUT2D eigenvalue weighted by Crippen LogP contribution is -2.10. The molecule has 2 heterocycles. The highest BCUT2D eigenvalue weighted by Gasteiger charge is 2.21. The molecule has 0 aliphatic heterocycles. The molecule has 3 aromatic rings. The van der Waals surface area contributed by atoms with Gasteiger partial charge >= 0.3 is 5.97 Å². The lowest BCUT2D eigenvalue weighted by atomic mass is 9.97. The Morgan fingerprint density at radius 3 is 2.81 bits per heavy atom. The number of carboxylic acids is 1. The standard InChI is InChI=1S/C20H21N3O3S/c24-17(25)12-26-11-16-22-19(21-10-13-6-2-1-3-7-13)18-14-8-4-5-9-15(14)27-20(18)23-16/h1-3,6-7H,4-5,8-12H2,(H,24,25)(H,21,22,23). The smallest absolute Gasteiger partial charge is 0.329 e. The zero-order chi connectivity index (χ0) is 18.6. The molecule has 0 unspecified atom stereocenters. The van der Waals surface area contributed by atoms with Gasteiger partial charge in [0, 0.05) is 11.4 Å². The molecular weight excluding hydrogens is 362 g/mol. The first kappa shape index (κ1) is 17.9. The molecule has 0 atom stereocenters.